The van der Waals surface area contributed by atoms with Crippen LogP contribution in [0.2, 0.25) is 0 Å². The van der Waals surface area contributed by atoms with Gasteiger partial charge in [-0.3, -0.25) is 0 Å². The Morgan fingerprint density at radius 2 is 2.33 bits per heavy atom. The van der Waals surface area contributed by atoms with Crippen LogP contribution in [0.4, 0.5) is 0 Å². The van der Waals surface area contributed by atoms with Crippen LogP contribution in [0.15, 0.2) is 35.3 Å². The highest BCUT2D eigenvalue weighted by atomic mass is 79.9. The number of halogens is 1. The molecule has 1 unspecified atom stereocenters. The van der Waals surface area contributed by atoms with Gasteiger partial charge in [0.2, 0.25) is 0 Å². The van der Waals surface area contributed by atoms with Crippen molar-refractivity contribution < 1.29 is 14.6 Å². The molecule has 0 fully saturated rings. The number of aromatic nitrogens is 3. The summed E-state index contributed by atoms with van der Waals surface area (Å²) in [7, 11) is 1.23. The zero-order valence-corrected chi connectivity index (χ0v) is 11.0. The van der Waals surface area contributed by atoms with Gasteiger partial charge in [-0.2, -0.15) is 5.10 Å². The van der Waals surface area contributed by atoms with Crippen molar-refractivity contribution in [1.29, 1.82) is 0 Å². The van der Waals surface area contributed by atoms with Crippen LogP contribution in [0.25, 0.3) is 5.69 Å². The summed E-state index contributed by atoms with van der Waals surface area (Å²) in [6.07, 6.45) is 1.68. The molecule has 1 heterocycles. The maximum absolute atomic E-state index is 11.2. The minimum atomic E-state index is -1.30. The van der Waals surface area contributed by atoms with Gasteiger partial charge in [-0.05, 0) is 33.6 Å². The fraction of sp³-hybridized carbons (Fsp3) is 0.182. The average molecular weight is 312 g/mol. The molecule has 0 amide bonds. The fourth-order valence-corrected chi connectivity index (χ4v) is 2.04. The summed E-state index contributed by atoms with van der Waals surface area (Å²) in [4.78, 5) is 15.1. The van der Waals surface area contributed by atoms with Gasteiger partial charge in [0.15, 0.2) is 6.10 Å². The van der Waals surface area contributed by atoms with E-state index in [4.69, 9.17) is 0 Å². The summed E-state index contributed by atoms with van der Waals surface area (Å²) >= 11 is 3.36. The van der Waals surface area contributed by atoms with Gasteiger partial charge in [-0.25, -0.2) is 14.5 Å². The summed E-state index contributed by atoms with van der Waals surface area (Å²) in [5, 5.41) is 13.7. The second-order valence-electron chi connectivity index (χ2n) is 3.48. The Balaban J connectivity index is 2.33. The van der Waals surface area contributed by atoms with E-state index in [1.807, 2.05) is 0 Å². The highest BCUT2D eigenvalue weighted by molar-refractivity contribution is 9.10. The summed E-state index contributed by atoms with van der Waals surface area (Å²) in [6.45, 7) is 0. The molecule has 0 saturated heterocycles. The Hall–Kier alpha value is -1.73. The molecular weight excluding hydrogens is 302 g/mol. The Morgan fingerprint density at radius 3 is 2.89 bits per heavy atom. The Kier molecular flexibility index (Phi) is 3.73. The molecule has 1 N–H and O–H groups in total. The lowest BCUT2D eigenvalue weighted by molar-refractivity contribution is -0.150. The van der Waals surface area contributed by atoms with Gasteiger partial charge in [0, 0.05) is 4.47 Å². The van der Waals surface area contributed by atoms with Crippen LogP contribution in [-0.2, 0) is 9.53 Å². The highest BCUT2D eigenvalue weighted by Gasteiger charge is 2.18. The van der Waals surface area contributed by atoms with Crippen LogP contribution >= 0.6 is 15.9 Å². The van der Waals surface area contributed by atoms with Crippen LogP contribution in [0.3, 0.4) is 0 Å². The quantitative estimate of drug-likeness (QED) is 0.863. The largest absolute Gasteiger partial charge is 0.467 e. The number of carbonyl (C=O) groups is 1. The van der Waals surface area contributed by atoms with Gasteiger partial charge in [-0.1, -0.05) is 6.07 Å². The monoisotopic (exact) mass is 311 g/mol. The maximum Gasteiger partial charge on any atom is 0.339 e. The van der Waals surface area contributed by atoms with Gasteiger partial charge in [0.05, 0.1) is 12.8 Å². The van der Waals surface area contributed by atoms with Crippen LogP contribution < -0.4 is 0 Å². The van der Waals surface area contributed by atoms with Crippen molar-refractivity contribution in [3.05, 3.63) is 40.9 Å². The molecule has 0 saturated carbocycles. The normalized spacial score (nSPS) is 12.2. The summed E-state index contributed by atoms with van der Waals surface area (Å²) in [6, 6.07) is 4.99. The Labute approximate surface area is 111 Å². The van der Waals surface area contributed by atoms with Crippen LogP contribution in [0.5, 0.6) is 0 Å². The number of aliphatic hydroxyl groups is 1. The lowest BCUT2D eigenvalue weighted by Gasteiger charge is -2.11. The first-order valence-corrected chi connectivity index (χ1v) is 5.83. The number of ether oxygens (including phenoxy) is 1. The first-order valence-electron chi connectivity index (χ1n) is 5.04. The maximum atomic E-state index is 11.2. The van der Waals surface area contributed by atoms with E-state index >= 15 is 0 Å². The molecule has 0 spiro atoms. The lowest BCUT2D eigenvalue weighted by Crippen LogP contribution is -2.13. The molecule has 2 rings (SSSR count). The molecule has 1 aromatic carbocycles. The van der Waals surface area contributed by atoms with Gasteiger partial charge >= 0.3 is 5.97 Å². The third-order valence-corrected chi connectivity index (χ3v) is 3.01. The predicted molar refractivity (Wildman–Crippen MR) is 66.0 cm³/mol. The van der Waals surface area contributed by atoms with Crippen LogP contribution in [0.1, 0.15) is 11.7 Å². The number of hydrogen-bond acceptors (Lipinski definition) is 5. The van der Waals surface area contributed by atoms with E-state index < -0.39 is 12.1 Å². The second-order valence-corrected chi connectivity index (χ2v) is 4.33. The van der Waals surface area contributed by atoms with Gasteiger partial charge in [-0.15, -0.1) is 0 Å². The smallest absolute Gasteiger partial charge is 0.339 e. The number of hydrogen-bond donors (Lipinski definition) is 1. The molecule has 0 aliphatic heterocycles. The number of aliphatic hydroxyl groups excluding tert-OH is 1. The zero-order valence-electron chi connectivity index (χ0n) is 9.45. The van der Waals surface area contributed by atoms with Crippen LogP contribution in [0, 0.1) is 0 Å². The zero-order chi connectivity index (χ0) is 13.1. The van der Waals surface area contributed by atoms with Crippen molar-refractivity contribution in [2.45, 2.75) is 6.10 Å². The third kappa shape index (κ3) is 2.41. The van der Waals surface area contributed by atoms with Crippen molar-refractivity contribution in [2.24, 2.45) is 0 Å². The van der Waals surface area contributed by atoms with Gasteiger partial charge in [0.25, 0.3) is 0 Å². The molecule has 94 valence electrons. The third-order valence-electron chi connectivity index (χ3n) is 2.38. The van der Waals surface area contributed by atoms with Crippen molar-refractivity contribution in [3.63, 3.8) is 0 Å². The van der Waals surface area contributed by atoms with E-state index in [0.29, 0.717) is 10.0 Å². The van der Waals surface area contributed by atoms with E-state index in [1.54, 1.807) is 29.2 Å². The molecule has 0 bridgehead atoms. The molecule has 1 aromatic heterocycles. The molecule has 18 heavy (non-hydrogen) atoms. The van der Waals surface area contributed by atoms with E-state index in [0.717, 1.165) is 5.69 Å². The molecule has 0 radical (unpaired) electrons. The SMILES string of the molecule is COC(=O)C(O)c1ccc(-n2cncn2)c(Br)c1. The number of esters is 1. The van der Waals surface area contributed by atoms with E-state index in [2.05, 4.69) is 30.7 Å². The molecule has 2 aromatic rings. The molecular formula is C11H10BrN3O3. The summed E-state index contributed by atoms with van der Waals surface area (Å²) < 4.78 is 6.73. The molecule has 0 aliphatic rings. The first kappa shape index (κ1) is 12.7. The van der Waals surface area contributed by atoms with Crippen molar-refractivity contribution in [3.8, 4) is 5.69 Å². The number of carbonyl (C=O) groups excluding carboxylic acids is 1. The number of methoxy groups -OCH3 is 1. The highest BCUT2D eigenvalue weighted by Crippen LogP contribution is 2.25. The molecule has 1 atom stereocenters. The lowest BCUT2D eigenvalue weighted by atomic mass is 10.1. The second kappa shape index (κ2) is 5.28. The minimum absolute atomic E-state index is 0.442. The number of benzene rings is 1. The first-order chi connectivity index (χ1) is 8.63. The van der Waals surface area contributed by atoms with Gasteiger partial charge < -0.3 is 9.84 Å². The van der Waals surface area contributed by atoms with Crippen molar-refractivity contribution >= 4 is 21.9 Å². The topological polar surface area (TPSA) is 77.2 Å². The number of nitrogens with zero attached hydrogens (tertiary/aromatic N) is 3. The summed E-state index contributed by atoms with van der Waals surface area (Å²) in [5.74, 6) is -0.699. The van der Waals surface area contributed by atoms with Crippen LogP contribution in [-0.4, -0.2) is 33.0 Å². The Bertz CT molecular complexity index is 557. The molecule has 6 nitrogen and oxygen atoms in total. The van der Waals surface area contributed by atoms with Crippen molar-refractivity contribution in [2.75, 3.05) is 7.11 Å². The molecule has 0 aliphatic carbocycles. The molecule has 7 heteroatoms. The fourth-order valence-electron chi connectivity index (χ4n) is 1.46. The standard InChI is InChI=1S/C11H10BrN3O3/c1-18-11(17)10(16)7-2-3-9(8(12)4-7)15-6-13-5-14-15/h2-6,10,16H,1H3. The van der Waals surface area contributed by atoms with E-state index in [9.17, 15) is 9.90 Å². The van der Waals surface area contributed by atoms with Gasteiger partial charge in [0.1, 0.15) is 12.7 Å². The average Bonchev–Trinajstić information content (AvgIpc) is 2.90. The summed E-state index contributed by atoms with van der Waals surface area (Å²) in [5.41, 5.74) is 1.20. The minimum Gasteiger partial charge on any atom is -0.467 e. The van der Waals surface area contributed by atoms with E-state index in [-0.39, 0.29) is 0 Å². The van der Waals surface area contributed by atoms with Crippen molar-refractivity contribution in [1.82, 2.24) is 14.8 Å². The Morgan fingerprint density at radius 1 is 1.56 bits per heavy atom. The van der Waals surface area contributed by atoms with E-state index in [1.165, 1.54) is 13.4 Å². The predicted octanol–water partition coefficient (Wildman–Crippen LogP) is 1.24. The number of rotatable bonds is 3.